The Hall–Kier alpha value is -3.20. The predicted octanol–water partition coefficient (Wildman–Crippen LogP) is 5.28. The summed E-state index contributed by atoms with van der Waals surface area (Å²) < 4.78 is 17.2. The second kappa shape index (κ2) is 10.9. The van der Waals surface area contributed by atoms with Crippen LogP contribution in [0.5, 0.6) is 17.2 Å². The maximum atomic E-state index is 11.3. The number of hydrogen-bond donors (Lipinski definition) is 1. The van der Waals surface area contributed by atoms with Gasteiger partial charge in [0.1, 0.15) is 5.75 Å². The van der Waals surface area contributed by atoms with E-state index in [4.69, 9.17) is 14.2 Å². The number of methoxy groups -OCH3 is 1. The van der Waals surface area contributed by atoms with Crippen LogP contribution in [0.15, 0.2) is 42.5 Å². The molecule has 2 aromatic carbocycles. The molecule has 170 valence electrons. The van der Waals surface area contributed by atoms with Crippen LogP contribution in [0.4, 0.5) is 0 Å². The van der Waals surface area contributed by atoms with E-state index in [0.717, 1.165) is 24.2 Å². The summed E-state index contributed by atoms with van der Waals surface area (Å²) >= 11 is 0. The van der Waals surface area contributed by atoms with Crippen LogP contribution >= 0.6 is 0 Å². The van der Waals surface area contributed by atoms with Gasteiger partial charge in [0.25, 0.3) is 0 Å². The second-order valence-corrected chi connectivity index (χ2v) is 8.39. The number of aliphatic carboxylic acids is 1. The first kappa shape index (κ1) is 23.5. The van der Waals surface area contributed by atoms with Crippen LogP contribution in [0.25, 0.3) is 0 Å². The van der Waals surface area contributed by atoms with E-state index in [-0.39, 0.29) is 5.92 Å². The Balaban J connectivity index is 1.56. The zero-order valence-corrected chi connectivity index (χ0v) is 18.8. The van der Waals surface area contributed by atoms with Gasteiger partial charge in [0.05, 0.1) is 37.7 Å². The van der Waals surface area contributed by atoms with Crippen molar-refractivity contribution >= 4 is 5.97 Å². The highest BCUT2D eigenvalue weighted by Crippen LogP contribution is 2.43. The first-order valence-electron chi connectivity index (χ1n) is 11.1. The summed E-state index contributed by atoms with van der Waals surface area (Å²) in [6, 6.07) is 16.1. The van der Waals surface area contributed by atoms with Crippen molar-refractivity contribution in [1.82, 2.24) is 0 Å². The number of carboxylic acids is 1. The smallest absolute Gasteiger partial charge is 0.306 e. The third-order valence-electron chi connectivity index (χ3n) is 6.20. The Bertz CT molecular complexity index is 940. The second-order valence-electron chi connectivity index (χ2n) is 8.39. The van der Waals surface area contributed by atoms with Gasteiger partial charge < -0.3 is 19.3 Å². The van der Waals surface area contributed by atoms with Crippen molar-refractivity contribution in [3.05, 3.63) is 53.6 Å². The molecule has 3 rings (SSSR count). The molecule has 0 spiro atoms. The summed E-state index contributed by atoms with van der Waals surface area (Å²) in [5.74, 6) is 0.955. The molecule has 0 aliphatic heterocycles. The number of hydrogen-bond acceptors (Lipinski definition) is 5. The number of aryl methyl sites for hydroxylation is 1. The van der Waals surface area contributed by atoms with E-state index in [9.17, 15) is 15.2 Å². The molecule has 1 aliphatic carbocycles. The molecule has 2 aromatic rings. The summed E-state index contributed by atoms with van der Waals surface area (Å²) in [5, 5.41) is 19.2. The van der Waals surface area contributed by atoms with Crippen LogP contribution < -0.4 is 14.2 Å². The van der Waals surface area contributed by atoms with Crippen molar-refractivity contribution in [1.29, 1.82) is 5.26 Å². The van der Waals surface area contributed by atoms with Gasteiger partial charge in [-0.3, -0.25) is 4.79 Å². The number of carboxylic acid groups (broad SMARTS) is 1. The summed E-state index contributed by atoms with van der Waals surface area (Å²) in [6.07, 6.45) is 3.75. The molecule has 32 heavy (non-hydrogen) atoms. The molecule has 0 heterocycles. The Morgan fingerprint density at radius 1 is 1.06 bits per heavy atom. The number of carbonyl (C=O) groups is 1. The molecule has 0 aromatic heterocycles. The van der Waals surface area contributed by atoms with Crippen LogP contribution in [0.3, 0.4) is 0 Å². The molecule has 0 amide bonds. The molecule has 1 fully saturated rings. The Kier molecular flexibility index (Phi) is 7.99. The molecule has 1 saturated carbocycles. The van der Waals surface area contributed by atoms with Crippen LogP contribution in [-0.4, -0.2) is 31.4 Å². The highest BCUT2D eigenvalue weighted by Gasteiger charge is 2.39. The quantitative estimate of drug-likeness (QED) is 0.509. The maximum absolute atomic E-state index is 11.3. The minimum absolute atomic E-state index is 0.368. The summed E-state index contributed by atoms with van der Waals surface area (Å²) in [6.45, 7) is 3.17. The van der Waals surface area contributed by atoms with E-state index in [1.165, 1.54) is 5.56 Å². The van der Waals surface area contributed by atoms with Gasteiger partial charge in [0, 0.05) is 0 Å². The molecule has 1 aliphatic rings. The van der Waals surface area contributed by atoms with Crippen molar-refractivity contribution < 1.29 is 24.1 Å². The minimum Gasteiger partial charge on any atom is -0.494 e. The van der Waals surface area contributed by atoms with Gasteiger partial charge in [-0.15, -0.1) is 0 Å². The Labute approximate surface area is 189 Å². The maximum Gasteiger partial charge on any atom is 0.306 e. The lowest BCUT2D eigenvalue weighted by Crippen LogP contribution is -2.32. The van der Waals surface area contributed by atoms with Gasteiger partial charge in [-0.2, -0.15) is 5.26 Å². The average molecular weight is 438 g/mol. The molecule has 1 N–H and O–H groups in total. The fraction of sp³-hybridized carbons (Fsp3) is 0.462. The predicted molar refractivity (Wildman–Crippen MR) is 121 cm³/mol. The van der Waals surface area contributed by atoms with Crippen LogP contribution in [0, 0.1) is 24.2 Å². The van der Waals surface area contributed by atoms with Crippen molar-refractivity contribution in [3.63, 3.8) is 0 Å². The number of nitriles is 1. The highest BCUT2D eigenvalue weighted by molar-refractivity contribution is 5.70. The van der Waals surface area contributed by atoms with Crippen molar-refractivity contribution in [2.75, 3.05) is 20.3 Å². The molecule has 6 nitrogen and oxygen atoms in total. The van der Waals surface area contributed by atoms with E-state index in [1.54, 1.807) is 7.11 Å². The zero-order chi connectivity index (χ0) is 23.0. The van der Waals surface area contributed by atoms with Crippen LogP contribution in [-0.2, 0) is 10.2 Å². The van der Waals surface area contributed by atoms with E-state index < -0.39 is 11.4 Å². The topological polar surface area (TPSA) is 88.8 Å². The van der Waals surface area contributed by atoms with Gasteiger partial charge in [-0.05, 0) is 75.3 Å². The molecule has 0 radical (unpaired) electrons. The van der Waals surface area contributed by atoms with E-state index >= 15 is 0 Å². The average Bonchev–Trinajstić information content (AvgIpc) is 2.82. The largest absolute Gasteiger partial charge is 0.494 e. The molecular weight excluding hydrogens is 406 g/mol. The SMILES string of the molecule is COc1ccc(C2(C#N)CCC(C(=O)O)CC2)cc1OCCCCOc1ccc(C)cc1. The van der Waals surface area contributed by atoms with Crippen molar-refractivity contribution in [3.8, 4) is 23.3 Å². The van der Waals surface area contributed by atoms with E-state index in [1.807, 2.05) is 49.4 Å². The lowest BCUT2D eigenvalue weighted by atomic mass is 9.67. The zero-order valence-electron chi connectivity index (χ0n) is 18.8. The van der Waals surface area contributed by atoms with Gasteiger partial charge in [0.15, 0.2) is 11.5 Å². The number of nitrogens with zero attached hydrogens (tertiary/aromatic N) is 1. The minimum atomic E-state index is -0.776. The van der Waals surface area contributed by atoms with Gasteiger partial charge in [-0.25, -0.2) is 0 Å². The normalized spacial score (nSPS) is 20.2. The number of benzene rings is 2. The first-order chi connectivity index (χ1) is 15.5. The van der Waals surface area contributed by atoms with E-state index in [2.05, 4.69) is 6.07 Å². The van der Waals surface area contributed by atoms with Gasteiger partial charge in [0.2, 0.25) is 0 Å². The molecular formula is C26H31NO5. The number of ether oxygens (including phenoxy) is 3. The van der Waals surface area contributed by atoms with Crippen LogP contribution in [0.1, 0.15) is 49.7 Å². The highest BCUT2D eigenvalue weighted by atomic mass is 16.5. The lowest BCUT2D eigenvalue weighted by molar-refractivity contribution is -0.143. The molecule has 0 bridgehead atoms. The van der Waals surface area contributed by atoms with Gasteiger partial charge in [-0.1, -0.05) is 23.8 Å². The lowest BCUT2D eigenvalue weighted by Gasteiger charge is -2.34. The first-order valence-corrected chi connectivity index (χ1v) is 11.1. The summed E-state index contributed by atoms with van der Waals surface area (Å²) in [4.78, 5) is 11.3. The summed E-state index contributed by atoms with van der Waals surface area (Å²) in [7, 11) is 1.59. The third kappa shape index (κ3) is 5.73. The standard InChI is InChI=1S/C26H31NO5/c1-19-5-8-22(9-6-19)31-15-3-4-16-32-24-17-21(7-10-23(24)30-2)26(18-27)13-11-20(12-14-26)25(28)29/h5-10,17,20H,3-4,11-16H2,1-2H3,(H,28,29). The van der Waals surface area contributed by atoms with Crippen molar-refractivity contribution in [2.45, 2.75) is 50.9 Å². The molecule has 6 heteroatoms. The third-order valence-corrected chi connectivity index (χ3v) is 6.20. The van der Waals surface area contributed by atoms with E-state index in [0.29, 0.717) is 50.4 Å². The fourth-order valence-electron chi connectivity index (χ4n) is 4.12. The van der Waals surface area contributed by atoms with Gasteiger partial charge >= 0.3 is 5.97 Å². The van der Waals surface area contributed by atoms with Crippen LogP contribution in [0.2, 0.25) is 0 Å². The number of unbranched alkanes of at least 4 members (excludes halogenated alkanes) is 1. The fourth-order valence-corrected chi connectivity index (χ4v) is 4.12. The summed E-state index contributed by atoms with van der Waals surface area (Å²) in [5.41, 5.74) is 1.38. The number of rotatable bonds is 10. The molecule has 0 saturated heterocycles. The van der Waals surface area contributed by atoms with Crippen molar-refractivity contribution in [2.24, 2.45) is 5.92 Å². The Morgan fingerprint density at radius 3 is 2.31 bits per heavy atom. The molecule has 0 unspecified atom stereocenters. The monoisotopic (exact) mass is 437 g/mol. The molecule has 0 atom stereocenters. The Morgan fingerprint density at radius 2 is 1.72 bits per heavy atom.